The van der Waals surface area contributed by atoms with E-state index in [-0.39, 0.29) is 36.5 Å². The predicted molar refractivity (Wildman–Crippen MR) is 89.9 cm³/mol. The molecule has 1 heterocycles. The van der Waals surface area contributed by atoms with Crippen LogP contribution < -0.4 is 10.1 Å². The predicted octanol–water partition coefficient (Wildman–Crippen LogP) is 3.83. The van der Waals surface area contributed by atoms with E-state index in [1.54, 1.807) is 12.1 Å². The normalized spacial score (nSPS) is 17.1. The molecule has 0 unspecified atom stereocenters. The first kappa shape index (κ1) is 22.3. The molecule has 3 nitrogen and oxygen atoms in total. The number of rotatable bonds is 4. The Hall–Kier alpha value is -0.690. The van der Waals surface area contributed by atoms with Crippen molar-refractivity contribution >= 4 is 24.8 Å². The molecule has 0 bridgehead atoms. The van der Waals surface area contributed by atoms with Gasteiger partial charge in [0, 0.05) is 26.2 Å². The van der Waals surface area contributed by atoms with Crippen molar-refractivity contribution in [3.63, 3.8) is 0 Å². The summed E-state index contributed by atoms with van der Waals surface area (Å²) in [5, 5.41) is 3.07. The fourth-order valence-electron chi connectivity index (χ4n) is 2.55. The van der Waals surface area contributed by atoms with Gasteiger partial charge in [-0.2, -0.15) is 13.2 Å². The number of piperazine rings is 1. The van der Waals surface area contributed by atoms with Crippen molar-refractivity contribution in [1.29, 1.82) is 0 Å². The van der Waals surface area contributed by atoms with E-state index in [1.807, 2.05) is 13.8 Å². The van der Waals surface area contributed by atoms with Crippen molar-refractivity contribution < 1.29 is 17.9 Å². The highest BCUT2D eigenvalue weighted by Gasteiger charge is 2.44. The molecule has 0 radical (unpaired) electrons. The van der Waals surface area contributed by atoms with Crippen LogP contribution in [0.2, 0.25) is 0 Å². The third kappa shape index (κ3) is 6.37. The van der Waals surface area contributed by atoms with Crippen LogP contribution >= 0.6 is 24.8 Å². The molecule has 1 aliphatic heterocycles. The molecule has 1 atom stereocenters. The summed E-state index contributed by atoms with van der Waals surface area (Å²) in [6.07, 6.45) is -4.28. The first-order chi connectivity index (χ1) is 9.88. The second kappa shape index (κ2) is 9.57. The van der Waals surface area contributed by atoms with Gasteiger partial charge < -0.3 is 10.1 Å². The van der Waals surface area contributed by atoms with Crippen LogP contribution in [0.25, 0.3) is 0 Å². The number of ether oxygens (including phenoxy) is 1. The summed E-state index contributed by atoms with van der Waals surface area (Å²) >= 11 is 0. The van der Waals surface area contributed by atoms with Crippen molar-refractivity contribution in [3.8, 4) is 5.75 Å². The van der Waals surface area contributed by atoms with E-state index >= 15 is 0 Å². The van der Waals surface area contributed by atoms with E-state index in [1.165, 1.54) is 17.0 Å². The minimum Gasteiger partial charge on any atom is -0.491 e. The summed E-state index contributed by atoms with van der Waals surface area (Å²) in [6, 6.07) is 4.69. The molecule has 1 aromatic carbocycles. The third-order valence-electron chi connectivity index (χ3n) is 3.39. The van der Waals surface area contributed by atoms with E-state index in [4.69, 9.17) is 4.74 Å². The Morgan fingerprint density at radius 1 is 1.04 bits per heavy atom. The first-order valence-corrected chi connectivity index (χ1v) is 7.16. The fourth-order valence-corrected chi connectivity index (χ4v) is 2.55. The maximum atomic E-state index is 13.4. The van der Waals surface area contributed by atoms with Gasteiger partial charge in [-0.05, 0) is 31.5 Å². The zero-order valence-electron chi connectivity index (χ0n) is 13.1. The van der Waals surface area contributed by atoms with E-state index in [9.17, 15) is 13.2 Å². The molecule has 1 N–H and O–H groups in total. The minimum absolute atomic E-state index is 0. The number of nitrogens with zero attached hydrogens (tertiary/aromatic N) is 1. The van der Waals surface area contributed by atoms with Gasteiger partial charge in [-0.25, -0.2) is 0 Å². The molecular weight excluding hydrogens is 352 g/mol. The maximum absolute atomic E-state index is 13.4. The van der Waals surface area contributed by atoms with Gasteiger partial charge in [0.05, 0.1) is 6.10 Å². The van der Waals surface area contributed by atoms with E-state index in [0.717, 1.165) is 0 Å². The van der Waals surface area contributed by atoms with Crippen LogP contribution in [0.5, 0.6) is 5.75 Å². The summed E-state index contributed by atoms with van der Waals surface area (Å²) in [4.78, 5) is 1.48. The quantitative estimate of drug-likeness (QED) is 0.866. The number of nitrogens with one attached hydrogen (secondary N) is 1. The lowest BCUT2D eigenvalue weighted by Crippen LogP contribution is -2.49. The van der Waals surface area contributed by atoms with Crippen molar-refractivity contribution in [2.75, 3.05) is 26.2 Å². The molecule has 0 spiro atoms. The van der Waals surface area contributed by atoms with Crippen LogP contribution in [0.1, 0.15) is 25.5 Å². The summed E-state index contributed by atoms with van der Waals surface area (Å²) in [5.41, 5.74) is 0.264. The number of hydrogen-bond acceptors (Lipinski definition) is 3. The minimum atomic E-state index is -4.28. The topological polar surface area (TPSA) is 24.5 Å². The molecule has 1 saturated heterocycles. The van der Waals surface area contributed by atoms with Gasteiger partial charge in [0.15, 0.2) is 0 Å². The van der Waals surface area contributed by atoms with Gasteiger partial charge in [0.25, 0.3) is 0 Å². The molecule has 1 fully saturated rings. The smallest absolute Gasteiger partial charge is 0.408 e. The monoisotopic (exact) mass is 374 g/mol. The SMILES string of the molecule is CC(C)Oc1ccc([C@@H](N2CCNCC2)C(F)(F)F)cc1.Cl.Cl. The maximum Gasteiger partial charge on any atom is 0.408 e. The van der Waals surface area contributed by atoms with Gasteiger partial charge in [0.1, 0.15) is 11.8 Å². The highest BCUT2D eigenvalue weighted by molar-refractivity contribution is 5.85. The highest BCUT2D eigenvalue weighted by Crippen LogP contribution is 2.38. The van der Waals surface area contributed by atoms with E-state index in [0.29, 0.717) is 31.9 Å². The van der Waals surface area contributed by atoms with Gasteiger partial charge in [-0.1, -0.05) is 12.1 Å². The zero-order chi connectivity index (χ0) is 15.5. The zero-order valence-corrected chi connectivity index (χ0v) is 14.7. The van der Waals surface area contributed by atoms with Crippen LogP contribution in [-0.2, 0) is 0 Å². The van der Waals surface area contributed by atoms with Gasteiger partial charge in [0.2, 0.25) is 0 Å². The Bertz CT molecular complexity index is 449. The lowest BCUT2D eigenvalue weighted by molar-refractivity contribution is -0.187. The fraction of sp³-hybridized carbons (Fsp3) is 0.600. The Kier molecular flexibility index (Phi) is 9.28. The molecule has 1 aliphatic rings. The molecule has 2 rings (SSSR count). The van der Waals surface area contributed by atoms with Crippen LogP contribution in [0.15, 0.2) is 24.3 Å². The third-order valence-corrected chi connectivity index (χ3v) is 3.39. The van der Waals surface area contributed by atoms with Crippen LogP contribution in [0.3, 0.4) is 0 Å². The average molecular weight is 375 g/mol. The summed E-state index contributed by atoms with van der Waals surface area (Å²) in [6.45, 7) is 5.73. The molecule has 0 saturated carbocycles. The first-order valence-electron chi connectivity index (χ1n) is 7.16. The van der Waals surface area contributed by atoms with Crippen molar-refractivity contribution in [2.45, 2.75) is 32.2 Å². The Balaban J connectivity index is 0.00000242. The second-order valence-corrected chi connectivity index (χ2v) is 5.47. The molecule has 8 heteroatoms. The molecule has 0 aromatic heterocycles. The number of hydrogen-bond donors (Lipinski definition) is 1. The molecule has 1 aromatic rings. The number of halogens is 5. The van der Waals surface area contributed by atoms with Crippen LogP contribution in [0, 0.1) is 0 Å². The highest BCUT2D eigenvalue weighted by atomic mass is 35.5. The Labute approximate surface area is 147 Å². The Morgan fingerprint density at radius 3 is 2.00 bits per heavy atom. The standard InChI is InChI=1S/C15H21F3N2O.2ClH/c1-11(2)21-13-5-3-12(4-6-13)14(15(16,17)18)20-9-7-19-8-10-20;;/h3-6,11,14,19H,7-10H2,1-2H3;2*1H/t14-;;/m1../s1. The van der Waals surface area contributed by atoms with E-state index < -0.39 is 12.2 Å². The Morgan fingerprint density at radius 2 is 1.57 bits per heavy atom. The molecule has 134 valence electrons. The molecular formula is C15H23Cl2F3N2O. The average Bonchev–Trinajstić information content (AvgIpc) is 2.40. The second-order valence-electron chi connectivity index (χ2n) is 5.47. The lowest BCUT2D eigenvalue weighted by atomic mass is 10.0. The van der Waals surface area contributed by atoms with Crippen LogP contribution in [0.4, 0.5) is 13.2 Å². The summed E-state index contributed by atoms with van der Waals surface area (Å²) < 4.78 is 45.7. The molecule has 0 amide bonds. The number of alkyl halides is 3. The summed E-state index contributed by atoms with van der Waals surface area (Å²) in [7, 11) is 0. The largest absolute Gasteiger partial charge is 0.491 e. The van der Waals surface area contributed by atoms with Gasteiger partial charge in [-0.3, -0.25) is 4.90 Å². The van der Waals surface area contributed by atoms with Crippen molar-refractivity contribution in [2.24, 2.45) is 0 Å². The van der Waals surface area contributed by atoms with Gasteiger partial charge >= 0.3 is 6.18 Å². The van der Waals surface area contributed by atoms with E-state index in [2.05, 4.69) is 5.32 Å². The summed E-state index contributed by atoms with van der Waals surface area (Å²) in [5.74, 6) is 0.593. The van der Waals surface area contributed by atoms with Gasteiger partial charge in [-0.15, -0.1) is 24.8 Å². The molecule has 23 heavy (non-hydrogen) atoms. The lowest BCUT2D eigenvalue weighted by Gasteiger charge is -2.36. The van der Waals surface area contributed by atoms with Crippen molar-refractivity contribution in [1.82, 2.24) is 10.2 Å². The van der Waals surface area contributed by atoms with Crippen molar-refractivity contribution in [3.05, 3.63) is 29.8 Å². The molecule has 0 aliphatic carbocycles. The number of benzene rings is 1. The van der Waals surface area contributed by atoms with Crippen LogP contribution in [-0.4, -0.2) is 43.4 Å².